The van der Waals surface area contributed by atoms with Gasteiger partial charge in [-0.25, -0.2) is 17.2 Å². The highest BCUT2D eigenvalue weighted by Crippen LogP contribution is 2.36. The van der Waals surface area contributed by atoms with E-state index in [9.17, 15) is 26.0 Å². The Morgan fingerprint density at radius 2 is 1.21 bits per heavy atom. The van der Waals surface area contributed by atoms with Crippen LogP contribution in [0.4, 0.5) is 17.6 Å². The van der Waals surface area contributed by atoms with Gasteiger partial charge in [0, 0.05) is 0 Å². The highest BCUT2D eigenvalue weighted by molar-refractivity contribution is 7.91. The molecule has 0 atom stereocenters. The summed E-state index contributed by atoms with van der Waals surface area (Å²) >= 11 is 0. The van der Waals surface area contributed by atoms with Crippen LogP contribution in [0, 0.1) is 23.3 Å². The molecule has 8 heteroatoms. The second-order valence-corrected chi connectivity index (χ2v) is 8.93. The second kappa shape index (κ2) is 8.11. The predicted octanol–water partition coefficient (Wildman–Crippen LogP) is 5.61. The molecule has 1 fully saturated rings. The zero-order valence-corrected chi connectivity index (χ0v) is 15.8. The largest absolute Gasteiger partial charge is 0.503 e. The van der Waals surface area contributed by atoms with E-state index < -0.39 is 48.6 Å². The van der Waals surface area contributed by atoms with Crippen LogP contribution in [0.5, 0.6) is 5.75 Å². The number of aromatic hydroxyl groups is 1. The van der Waals surface area contributed by atoms with Gasteiger partial charge in [0.2, 0.25) is 21.5 Å². The first-order chi connectivity index (χ1) is 13.2. The molecule has 1 saturated carbocycles. The van der Waals surface area contributed by atoms with Crippen molar-refractivity contribution in [2.24, 2.45) is 0 Å². The molecule has 1 aliphatic rings. The average Bonchev–Trinajstić information content (AvgIpc) is 2.65. The van der Waals surface area contributed by atoms with E-state index in [1.54, 1.807) is 12.1 Å². The van der Waals surface area contributed by atoms with Crippen molar-refractivity contribution < 1.29 is 31.1 Å². The van der Waals surface area contributed by atoms with Gasteiger partial charge in [0.05, 0.1) is 4.90 Å². The Balaban J connectivity index is 1.98. The monoisotopic (exact) mass is 416 g/mol. The molecule has 152 valence electrons. The molecule has 1 N–H and O–H groups in total. The summed E-state index contributed by atoms with van der Waals surface area (Å²) in [6.07, 6.45) is 7.62. The van der Waals surface area contributed by atoms with Gasteiger partial charge in [0.1, 0.15) is 4.90 Å². The maximum atomic E-state index is 14.0. The van der Waals surface area contributed by atoms with Crippen molar-refractivity contribution in [1.29, 1.82) is 0 Å². The summed E-state index contributed by atoms with van der Waals surface area (Å²) in [4.78, 5) is -2.23. The lowest BCUT2D eigenvalue weighted by atomic mass is 9.86. The van der Waals surface area contributed by atoms with Crippen molar-refractivity contribution >= 4 is 9.84 Å². The first-order valence-electron chi connectivity index (χ1n) is 9.15. The van der Waals surface area contributed by atoms with Crippen molar-refractivity contribution in [3.05, 3.63) is 53.1 Å². The Bertz CT molecular complexity index is 935. The Labute approximate surface area is 160 Å². The fourth-order valence-corrected chi connectivity index (χ4v) is 5.04. The van der Waals surface area contributed by atoms with Crippen LogP contribution < -0.4 is 0 Å². The van der Waals surface area contributed by atoms with Crippen LogP contribution in [0.15, 0.2) is 34.1 Å². The van der Waals surface area contributed by atoms with E-state index in [0.717, 1.165) is 44.1 Å². The molecule has 0 amide bonds. The van der Waals surface area contributed by atoms with Gasteiger partial charge in [0.25, 0.3) is 0 Å². The number of sulfone groups is 1. The smallest absolute Gasteiger partial charge is 0.212 e. The van der Waals surface area contributed by atoms with Crippen molar-refractivity contribution in [2.45, 2.75) is 60.7 Å². The fraction of sp³-hybridized carbons (Fsp3) is 0.400. The van der Waals surface area contributed by atoms with Crippen molar-refractivity contribution in [2.75, 3.05) is 0 Å². The third-order valence-electron chi connectivity index (χ3n) is 5.24. The molecule has 0 unspecified atom stereocenters. The zero-order valence-electron chi connectivity index (χ0n) is 15.0. The van der Waals surface area contributed by atoms with Crippen LogP contribution in [0.2, 0.25) is 0 Å². The van der Waals surface area contributed by atoms with Crippen LogP contribution in [0.3, 0.4) is 0 Å². The van der Waals surface area contributed by atoms with Crippen LogP contribution in [-0.4, -0.2) is 13.5 Å². The van der Waals surface area contributed by atoms with Crippen LogP contribution in [0.1, 0.15) is 56.4 Å². The molecular weight excluding hydrogens is 396 g/mol. The van der Waals surface area contributed by atoms with E-state index in [0.29, 0.717) is 0 Å². The molecule has 0 spiro atoms. The summed E-state index contributed by atoms with van der Waals surface area (Å²) in [5, 5.41) is 9.03. The lowest BCUT2D eigenvalue weighted by Gasteiger charge is -2.20. The van der Waals surface area contributed by atoms with Crippen LogP contribution in [-0.2, 0) is 9.84 Å². The van der Waals surface area contributed by atoms with Crippen LogP contribution >= 0.6 is 0 Å². The normalized spacial score (nSPS) is 16.6. The summed E-state index contributed by atoms with van der Waals surface area (Å²) < 4.78 is 80.3. The van der Waals surface area contributed by atoms with Crippen molar-refractivity contribution in [1.82, 2.24) is 0 Å². The number of phenols is 1. The molecule has 0 aliphatic heterocycles. The summed E-state index contributed by atoms with van der Waals surface area (Å²) in [6.45, 7) is 0. The van der Waals surface area contributed by atoms with Gasteiger partial charge < -0.3 is 5.11 Å². The predicted molar refractivity (Wildman–Crippen MR) is 94.9 cm³/mol. The molecule has 1 aliphatic carbocycles. The minimum Gasteiger partial charge on any atom is -0.503 e. The number of benzene rings is 2. The van der Waals surface area contributed by atoms with Crippen molar-refractivity contribution in [3.8, 4) is 5.75 Å². The molecule has 3 nitrogen and oxygen atoms in total. The molecule has 0 heterocycles. The first kappa shape index (κ1) is 20.6. The zero-order chi connectivity index (χ0) is 20.5. The first-order valence-corrected chi connectivity index (χ1v) is 10.6. The fourth-order valence-electron chi connectivity index (χ4n) is 3.66. The lowest BCUT2D eigenvalue weighted by Crippen LogP contribution is -2.12. The number of rotatable bonds is 3. The highest BCUT2D eigenvalue weighted by Gasteiger charge is 2.34. The Morgan fingerprint density at radius 1 is 0.750 bits per heavy atom. The Hall–Kier alpha value is -2.09. The van der Waals surface area contributed by atoms with E-state index in [1.807, 2.05) is 0 Å². The highest BCUT2D eigenvalue weighted by atomic mass is 32.2. The molecule has 0 saturated heterocycles. The van der Waals surface area contributed by atoms with E-state index in [4.69, 9.17) is 5.11 Å². The third-order valence-corrected chi connectivity index (χ3v) is 7.02. The maximum Gasteiger partial charge on any atom is 0.212 e. The SMILES string of the molecule is O=S(=O)(c1ccc(C2CCCCCCC2)cc1)c1c(F)c(F)c(O)c(F)c1F. The quantitative estimate of drug-likeness (QED) is 0.523. The van der Waals surface area contributed by atoms with Crippen molar-refractivity contribution in [3.63, 3.8) is 0 Å². The van der Waals surface area contributed by atoms with E-state index in [2.05, 4.69) is 0 Å². The summed E-state index contributed by atoms with van der Waals surface area (Å²) in [5.74, 6) is -10.2. The standard InChI is InChI=1S/C20H20F4O3S/c21-15-17(23)20(18(24)16(22)19(15)25)28(26,27)14-10-8-13(9-11-14)12-6-4-2-1-3-5-7-12/h8-12,25H,1-7H2. The van der Waals surface area contributed by atoms with Gasteiger partial charge in [0.15, 0.2) is 17.4 Å². The van der Waals surface area contributed by atoms with Gasteiger partial charge in [-0.15, -0.1) is 0 Å². The molecule has 0 aromatic heterocycles. The Kier molecular flexibility index (Phi) is 5.98. The van der Waals surface area contributed by atoms with Gasteiger partial charge in [-0.1, -0.05) is 44.2 Å². The Morgan fingerprint density at radius 3 is 1.71 bits per heavy atom. The maximum absolute atomic E-state index is 14.0. The third kappa shape index (κ3) is 3.74. The van der Waals surface area contributed by atoms with Gasteiger partial charge in [-0.2, -0.15) is 8.78 Å². The number of hydrogen-bond acceptors (Lipinski definition) is 3. The van der Waals surface area contributed by atoms with Gasteiger partial charge in [-0.3, -0.25) is 0 Å². The minimum atomic E-state index is -4.86. The van der Waals surface area contributed by atoms with E-state index in [1.165, 1.54) is 18.6 Å². The molecule has 0 bridgehead atoms. The molecule has 28 heavy (non-hydrogen) atoms. The molecule has 2 aromatic carbocycles. The minimum absolute atomic E-state index is 0.272. The van der Waals surface area contributed by atoms with Gasteiger partial charge in [-0.05, 0) is 36.5 Å². The van der Waals surface area contributed by atoms with Gasteiger partial charge >= 0.3 is 0 Å². The molecule has 3 rings (SSSR count). The molecule has 2 aromatic rings. The summed E-state index contributed by atoms with van der Waals surface area (Å²) in [7, 11) is -4.86. The van der Waals surface area contributed by atoms with E-state index in [-0.39, 0.29) is 5.92 Å². The lowest BCUT2D eigenvalue weighted by molar-refractivity contribution is 0.342. The number of hydrogen-bond donors (Lipinski definition) is 1. The summed E-state index contributed by atoms with van der Waals surface area (Å²) in [5.41, 5.74) is 0.921. The number of phenolic OH excluding ortho intramolecular Hbond substituents is 1. The van der Waals surface area contributed by atoms with E-state index >= 15 is 0 Å². The number of halogens is 4. The molecule has 0 radical (unpaired) electrons. The average molecular weight is 416 g/mol. The van der Waals surface area contributed by atoms with Crippen LogP contribution in [0.25, 0.3) is 0 Å². The molecular formula is C20H20F4O3S. The second-order valence-electron chi connectivity index (χ2n) is 7.05. The topological polar surface area (TPSA) is 54.4 Å². The summed E-state index contributed by atoms with van der Waals surface area (Å²) in [6, 6.07) is 5.51.